The standard InChI is InChI=1S/C27H27N3O6/c1-17(30-26(33)24-25(36-19(3)32)22(29-16-31)14-15-28-24)27(34)35-18(2)23(20-10-6-4-7-11-20)21-12-8-5-9-13-21/h4-18,23H,1-3H3,(H,30,33)(H,28,29,31). The molecule has 0 radical (unpaired) electrons. The summed E-state index contributed by atoms with van der Waals surface area (Å²) in [7, 11) is 0. The lowest BCUT2D eigenvalue weighted by molar-refractivity contribution is -0.150. The number of carbonyl (C=O) groups excluding carboxylic acids is 4. The van der Waals surface area contributed by atoms with Crippen LogP contribution in [-0.4, -0.2) is 41.4 Å². The highest BCUT2D eigenvalue weighted by Crippen LogP contribution is 2.30. The van der Waals surface area contributed by atoms with Gasteiger partial charge in [0.05, 0.1) is 5.69 Å². The maximum absolute atomic E-state index is 12.9. The minimum absolute atomic E-state index is 0.0813. The van der Waals surface area contributed by atoms with Gasteiger partial charge in [0.1, 0.15) is 12.1 Å². The molecule has 0 spiro atoms. The van der Waals surface area contributed by atoms with Crippen molar-refractivity contribution in [2.45, 2.75) is 38.8 Å². The van der Waals surface area contributed by atoms with E-state index in [1.165, 1.54) is 19.2 Å². The topological polar surface area (TPSA) is 124 Å². The number of nitrogens with one attached hydrogen (secondary N) is 2. The largest absolute Gasteiger partial charge is 0.460 e. The van der Waals surface area contributed by atoms with E-state index >= 15 is 0 Å². The number of hydrogen-bond acceptors (Lipinski definition) is 7. The van der Waals surface area contributed by atoms with Gasteiger partial charge in [-0.3, -0.25) is 14.4 Å². The van der Waals surface area contributed by atoms with Gasteiger partial charge in [-0.2, -0.15) is 0 Å². The first-order valence-corrected chi connectivity index (χ1v) is 11.3. The molecule has 1 aromatic heterocycles. The number of amides is 2. The van der Waals surface area contributed by atoms with Crippen LogP contribution in [0.15, 0.2) is 72.9 Å². The van der Waals surface area contributed by atoms with Gasteiger partial charge in [0, 0.05) is 19.0 Å². The van der Waals surface area contributed by atoms with E-state index in [1.807, 2.05) is 60.7 Å². The third kappa shape index (κ3) is 6.53. The van der Waals surface area contributed by atoms with Crippen LogP contribution in [-0.2, 0) is 19.1 Å². The highest BCUT2D eigenvalue weighted by molar-refractivity contribution is 6.00. The van der Waals surface area contributed by atoms with Gasteiger partial charge in [0.15, 0.2) is 11.4 Å². The molecule has 186 valence electrons. The molecule has 36 heavy (non-hydrogen) atoms. The van der Waals surface area contributed by atoms with E-state index in [-0.39, 0.29) is 23.0 Å². The maximum Gasteiger partial charge on any atom is 0.328 e. The van der Waals surface area contributed by atoms with E-state index in [0.29, 0.717) is 6.41 Å². The predicted molar refractivity (Wildman–Crippen MR) is 132 cm³/mol. The number of nitrogens with zero attached hydrogens (tertiary/aromatic N) is 1. The number of pyridine rings is 1. The number of hydrogen-bond donors (Lipinski definition) is 2. The summed E-state index contributed by atoms with van der Waals surface area (Å²) in [5.41, 5.74) is 1.78. The Balaban J connectivity index is 1.76. The molecular formula is C27H27N3O6. The maximum atomic E-state index is 12.9. The zero-order valence-corrected chi connectivity index (χ0v) is 20.1. The Kier molecular flexibility index (Phi) is 8.88. The SMILES string of the molecule is CC(=O)Oc1c(NC=O)ccnc1C(=O)NC(C)C(=O)OC(C)C(c1ccccc1)c1ccccc1. The zero-order chi connectivity index (χ0) is 26.1. The molecule has 2 unspecified atom stereocenters. The minimum atomic E-state index is -1.04. The van der Waals surface area contributed by atoms with Crippen molar-refractivity contribution in [3.8, 4) is 5.75 Å². The second-order valence-corrected chi connectivity index (χ2v) is 8.03. The summed E-state index contributed by atoms with van der Waals surface area (Å²) >= 11 is 0. The first-order chi connectivity index (χ1) is 17.3. The van der Waals surface area contributed by atoms with Crippen LogP contribution in [0.2, 0.25) is 0 Å². The summed E-state index contributed by atoms with van der Waals surface area (Å²) in [6, 6.07) is 19.7. The first-order valence-electron chi connectivity index (χ1n) is 11.3. The second kappa shape index (κ2) is 12.3. The van der Waals surface area contributed by atoms with Crippen LogP contribution in [0, 0.1) is 0 Å². The molecule has 0 fully saturated rings. The number of aromatic nitrogens is 1. The first kappa shape index (κ1) is 26.1. The van der Waals surface area contributed by atoms with E-state index in [1.54, 1.807) is 6.92 Å². The number of benzene rings is 2. The zero-order valence-electron chi connectivity index (χ0n) is 20.1. The molecule has 0 aliphatic rings. The molecule has 0 bridgehead atoms. The Labute approximate surface area is 208 Å². The fraction of sp³-hybridized carbons (Fsp3) is 0.222. The number of rotatable bonds is 10. The second-order valence-electron chi connectivity index (χ2n) is 8.03. The molecule has 2 atom stereocenters. The smallest absolute Gasteiger partial charge is 0.328 e. The Morgan fingerprint density at radius 1 is 0.917 bits per heavy atom. The Bertz CT molecular complexity index is 1180. The average molecular weight is 490 g/mol. The van der Waals surface area contributed by atoms with Crippen molar-refractivity contribution >= 4 is 29.9 Å². The van der Waals surface area contributed by atoms with Crippen LogP contribution in [0.25, 0.3) is 0 Å². The summed E-state index contributed by atoms with van der Waals surface area (Å²) in [5.74, 6) is -2.58. The molecule has 3 rings (SSSR count). The van der Waals surface area contributed by atoms with Gasteiger partial charge in [0.2, 0.25) is 6.41 Å². The number of ether oxygens (including phenoxy) is 2. The summed E-state index contributed by atoms with van der Waals surface area (Å²) in [4.78, 5) is 52.2. The van der Waals surface area contributed by atoms with Crippen LogP contribution in [0.5, 0.6) is 5.75 Å². The summed E-state index contributed by atoms with van der Waals surface area (Å²) in [6.45, 7) is 4.43. The molecule has 0 aliphatic heterocycles. The van der Waals surface area contributed by atoms with E-state index in [0.717, 1.165) is 18.1 Å². The van der Waals surface area contributed by atoms with Crippen LogP contribution in [0.4, 0.5) is 5.69 Å². The molecule has 3 aromatic rings. The van der Waals surface area contributed by atoms with Crippen LogP contribution in [0.3, 0.4) is 0 Å². The van der Waals surface area contributed by atoms with Gasteiger partial charge in [-0.15, -0.1) is 0 Å². The molecule has 9 heteroatoms. The average Bonchev–Trinajstić information content (AvgIpc) is 2.86. The van der Waals surface area contributed by atoms with Crippen molar-refractivity contribution in [1.82, 2.24) is 10.3 Å². The molecule has 9 nitrogen and oxygen atoms in total. The summed E-state index contributed by atoms with van der Waals surface area (Å²) < 4.78 is 10.8. The van der Waals surface area contributed by atoms with Crippen molar-refractivity contribution in [2.24, 2.45) is 0 Å². The van der Waals surface area contributed by atoms with Gasteiger partial charge >= 0.3 is 11.9 Å². The van der Waals surface area contributed by atoms with E-state index in [9.17, 15) is 19.2 Å². The lowest BCUT2D eigenvalue weighted by atomic mass is 9.87. The Morgan fingerprint density at radius 2 is 1.50 bits per heavy atom. The van der Waals surface area contributed by atoms with Crippen molar-refractivity contribution in [3.05, 3.63) is 89.7 Å². The lowest BCUT2D eigenvalue weighted by Crippen LogP contribution is -2.41. The molecule has 2 aromatic carbocycles. The monoisotopic (exact) mass is 489 g/mol. The quantitative estimate of drug-likeness (QED) is 0.330. The normalized spacial score (nSPS) is 12.2. The highest BCUT2D eigenvalue weighted by Gasteiger charge is 2.28. The summed E-state index contributed by atoms with van der Waals surface area (Å²) in [5, 5.41) is 4.87. The van der Waals surface area contributed by atoms with E-state index in [4.69, 9.17) is 9.47 Å². The van der Waals surface area contributed by atoms with Crippen molar-refractivity contribution in [2.75, 3.05) is 5.32 Å². The third-order valence-electron chi connectivity index (χ3n) is 5.37. The number of esters is 2. The van der Waals surface area contributed by atoms with E-state index in [2.05, 4.69) is 15.6 Å². The van der Waals surface area contributed by atoms with Gasteiger partial charge in [-0.05, 0) is 31.0 Å². The third-order valence-corrected chi connectivity index (χ3v) is 5.37. The van der Waals surface area contributed by atoms with Crippen molar-refractivity contribution < 1.29 is 28.7 Å². The van der Waals surface area contributed by atoms with Crippen LogP contribution in [0.1, 0.15) is 48.3 Å². The fourth-order valence-electron chi connectivity index (χ4n) is 3.77. The van der Waals surface area contributed by atoms with Crippen molar-refractivity contribution in [3.63, 3.8) is 0 Å². The molecular weight excluding hydrogens is 462 g/mol. The van der Waals surface area contributed by atoms with Gasteiger partial charge in [0.25, 0.3) is 5.91 Å². The molecule has 1 heterocycles. The van der Waals surface area contributed by atoms with Crippen LogP contribution >= 0.6 is 0 Å². The Morgan fingerprint density at radius 3 is 2.03 bits per heavy atom. The molecule has 2 N–H and O–H groups in total. The van der Waals surface area contributed by atoms with Gasteiger partial charge in [-0.1, -0.05) is 60.7 Å². The number of carbonyl (C=O) groups is 4. The molecule has 2 amide bonds. The molecule has 0 aliphatic carbocycles. The molecule has 0 saturated heterocycles. The van der Waals surface area contributed by atoms with Gasteiger partial charge in [-0.25, -0.2) is 9.78 Å². The Hall–Kier alpha value is -4.53. The predicted octanol–water partition coefficient (Wildman–Crippen LogP) is 3.46. The summed E-state index contributed by atoms with van der Waals surface area (Å²) in [6.07, 6.45) is 1.10. The van der Waals surface area contributed by atoms with Gasteiger partial charge < -0.3 is 20.1 Å². The lowest BCUT2D eigenvalue weighted by Gasteiger charge is -2.26. The number of anilines is 1. The van der Waals surface area contributed by atoms with Crippen LogP contribution < -0.4 is 15.4 Å². The van der Waals surface area contributed by atoms with Crippen molar-refractivity contribution in [1.29, 1.82) is 0 Å². The minimum Gasteiger partial charge on any atom is -0.460 e. The highest BCUT2D eigenvalue weighted by atomic mass is 16.5. The molecule has 0 saturated carbocycles. The fourth-order valence-corrected chi connectivity index (χ4v) is 3.77. The van der Waals surface area contributed by atoms with E-state index < -0.39 is 30.0 Å².